The van der Waals surface area contributed by atoms with Crippen molar-refractivity contribution in [2.75, 3.05) is 0 Å². The molecule has 5 nitrogen and oxygen atoms in total. The summed E-state index contributed by atoms with van der Waals surface area (Å²) in [6.45, 7) is 0. The molecule has 0 fully saturated rings. The smallest absolute Gasteiger partial charge is 0.358 e. The van der Waals surface area contributed by atoms with Gasteiger partial charge in [0.05, 0.1) is 0 Å². The molecule has 0 saturated heterocycles. The van der Waals surface area contributed by atoms with Crippen molar-refractivity contribution >= 4 is 5.82 Å². The number of benzene rings is 1. The van der Waals surface area contributed by atoms with Gasteiger partial charge in [-0.2, -0.15) is 13.2 Å². The average Bonchev–Trinajstić information content (AvgIpc) is 2.79. The van der Waals surface area contributed by atoms with Crippen LogP contribution in [0, 0.1) is 15.9 Å². The number of alkyl halides is 3. The molecule has 1 aromatic heterocycles. The van der Waals surface area contributed by atoms with Crippen molar-refractivity contribution in [3.63, 3.8) is 0 Å². The Labute approximate surface area is 109 Å². The normalized spacial score (nSPS) is 13.2. The molecule has 0 radical (unpaired) electrons. The van der Waals surface area contributed by atoms with Crippen LogP contribution < -0.4 is 0 Å². The topological polar surface area (TPSA) is 61.0 Å². The summed E-state index contributed by atoms with van der Waals surface area (Å²) < 4.78 is 52.6. The van der Waals surface area contributed by atoms with E-state index in [-0.39, 0.29) is 5.56 Å². The molecule has 1 atom stereocenters. The fourth-order valence-electron chi connectivity index (χ4n) is 1.74. The summed E-state index contributed by atoms with van der Waals surface area (Å²) in [5, 5.41) is 10.5. The number of hydrogen-bond donors (Lipinski definition) is 0. The molecule has 0 aliphatic rings. The zero-order valence-corrected chi connectivity index (χ0v) is 9.71. The number of imidazole rings is 1. The van der Waals surface area contributed by atoms with Gasteiger partial charge in [0, 0.05) is 0 Å². The van der Waals surface area contributed by atoms with Gasteiger partial charge in [-0.25, -0.2) is 4.39 Å². The summed E-state index contributed by atoms with van der Waals surface area (Å²) in [7, 11) is 0. The monoisotopic (exact) mass is 289 g/mol. The van der Waals surface area contributed by atoms with E-state index in [1.165, 1.54) is 0 Å². The van der Waals surface area contributed by atoms with Crippen LogP contribution in [0.25, 0.3) is 0 Å². The van der Waals surface area contributed by atoms with Gasteiger partial charge in [-0.1, -0.05) is 12.1 Å². The number of halogens is 4. The van der Waals surface area contributed by atoms with E-state index in [2.05, 4.69) is 4.98 Å². The largest absolute Gasteiger partial charge is 0.413 e. The number of aromatic nitrogens is 2. The summed E-state index contributed by atoms with van der Waals surface area (Å²) in [4.78, 5) is 12.9. The Hall–Kier alpha value is -2.45. The van der Waals surface area contributed by atoms with E-state index in [0.717, 1.165) is 30.6 Å². The predicted octanol–water partition coefficient (Wildman–Crippen LogP) is 3.08. The fourth-order valence-corrected chi connectivity index (χ4v) is 1.74. The molecule has 2 rings (SSSR count). The van der Waals surface area contributed by atoms with E-state index in [4.69, 9.17) is 0 Å². The molecule has 0 bridgehead atoms. The minimum absolute atomic E-state index is 0.244. The third kappa shape index (κ3) is 2.76. The van der Waals surface area contributed by atoms with Crippen molar-refractivity contribution in [2.45, 2.75) is 12.2 Å². The summed E-state index contributed by atoms with van der Waals surface area (Å²) in [6, 6.07) is 1.56. The van der Waals surface area contributed by atoms with E-state index in [0.29, 0.717) is 10.8 Å². The van der Waals surface area contributed by atoms with Crippen LogP contribution in [0.1, 0.15) is 11.6 Å². The van der Waals surface area contributed by atoms with Gasteiger partial charge in [0.2, 0.25) is 6.33 Å². The first-order chi connectivity index (χ1) is 9.29. The molecule has 0 aliphatic carbocycles. The van der Waals surface area contributed by atoms with Gasteiger partial charge in [-0.15, -0.1) is 0 Å². The molecule has 106 valence electrons. The second-order valence-electron chi connectivity index (χ2n) is 3.93. The first-order valence-corrected chi connectivity index (χ1v) is 5.29. The number of nitrogens with zero attached hydrogens (tertiary/aromatic N) is 3. The summed E-state index contributed by atoms with van der Waals surface area (Å²) in [5.74, 6) is -1.37. The van der Waals surface area contributed by atoms with Crippen LogP contribution in [0.3, 0.4) is 0 Å². The quantitative estimate of drug-likeness (QED) is 0.495. The SMILES string of the molecule is O=[N+]([O-])c1cn(C(c2ccc(F)cc2)C(F)(F)F)cn1. The second kappa shape index (κ2) is 4.91. The molecule has 2 aromatic rings. The molecule has 9 heteroatoms. The highest BCUT2D eigenvalue weighted by atomic mass is 19.4. The van der Waals surface area contributed by atoms with E-state index in [9.17, 15) is 27.7 Å². The van der Waals surface area contributed by atoms with E-state index >= 15 is 0 Å². The van der Waals surface area contributed by atoms with E-state index < -0.39 is 28.8 Å². The van der Waals surface area contributed by atoms with Crippen molar-refractivity contribution < 1.29 is 22.5 Å². The zero-order valence-electron chi connectivity index (χ0n) is 9.71. The Kier molecular flexibility index (Phi) is 3.43. The average molecular weight is 289 g/mol. The standard InChI is InChI=1S/C11H7F4N3O2/c12-8-3-1-7(2-4-8)10(11(13,14)15)17-5-9(16-6-17)18(19)20/h1-6,10H. The number of rotatable bonds is 3. The van der Waals surface area contributed by atoms with Gasteiger partial charge in [0.15, 0.2) is 6.04 Å². The minimum atomic E-state index is -4.70. The van der Waals surface area contributed by atoms with Gasteiger partial charge in [0.25, 0.3) is 0 Å². The van der Waals surface area contributed by atoms with Crippen LogP contribution in [0.5, 0.6) is 0 Å². The lowest BCUT2D eigenvalue weighted by atomic mass is 10.1. The maximum absolute atomic E-state index is 13.1. The molecule has 1 unspecified atom stereocenters. The lowest BCUT2D eigenvalue weighted by Crippen LogP contribution is -2.26. The van der Waals surface area contributed by atoms with E-state index in [1.54, 1.807) is 0 Å². The van der Waals surface area contributed by atoms with E-state index in [1.807, 2.05) is 0 Å². The molecule has 0 aliphatic heterocycles. The Morgan fingerprint density at radius 3 is 2.30 bits per heavy atom. The lowest BCUT2D eigenvalue weighted by Gasteiger charge is -2.20. The molecular formula is C11H7F4N3O2. The van der Waals surface area contributed by atoms with Crippen molar-refractivity contribution in [3.8, 4) is 0 Å². The summed E-state index contributed by atoms with van der Waals surface area (Å²) >= 11 is 0. The van der Waals surface area contributed by atoms with Gasteiger partial charge < -0.3 is 10.1 Å². The fraction of sp³-hybridized carbons (Fsp3) is 0.182. The van der Waals surface area contributed by atoms with Crippen molar-refractivity contribution in [2.24, 2.45) is 0 Å². The lowest BCUT2D eigenvalue weighted by molar-refractivity contribution is -0.389. The minimum Gasteiger partial charge on any atom is -0.358 e. The summed E-state index contributed by atoms with van der Waals surface area (Å²) in [5.41, 5.74) is -0.244. The van der Waals surface area contributed by atoms with Gasteiger partial charge in [-0.3, -0.25) is 4.57 Å². The molecule has 20 heavy (non-hydrogen) atoms. The van der Waals surface area contributed by atoms with Gasteiger partial charge in [0.1, 0.15) is 12.0 Å². The molecule has 1 heterocycles. The molecule has 0 amide bonds. The van der Waals surface area contributed by atoms with Crippen LogP contribution in [-0.2, 0) is 0 Å². The highest BCUT2D eigenvalue weighted by Crippen LogP contribution is 2.36. The number of nitro groups is 1. The van der Waals surface area contributed by atoms with Gasteiger partial charge >= 0.3 is 12.0 Å². The third-order valence-electron chi connectivity index (χ3n) is 2.57. The van der Waals surface area contributed by atoms with Crippen LogP contribution in [-0.4, -0.2) is 20.7 Å². The second-order valence-corrected chi connectivity index (χ2v) is 3.93. The Morgan fingerprint density at radius 2 is 1.85 bits per heavy atom. The zero-order chi connectivity index (χ0) is 14.9. The number of hydrogen-bond acceptors (Lipinski definition) is 3. The Morgan fingerprint density at radius 1 is 1.25 bits per heavy atom. The van der Waals surface area contributed by atoms with Crippen LogP contribution in [0.15, 0.2) is 36.8 Å². The molecular weight excluding hydrogens is 282 g/mol. The Balaban J connectivity index is 2.47. The summed E-state index contributed by atoms with van der Waals surface area (Å²) in [6.07, 6.45) is -3.30. The van der Waals surface area contributed by atoms with Crippen molar-refractivity contribution in [3.05, 3.63) is 58.3 Å². The molecule has 0 N–H and O–H groups in total. The molecule has 0 spiro atoms. The maximum atomic E-state index is 13.1. The first-order valence-electron chi connectivity index (χ1n) is 5.29. The Bertz CT molecular complexity index is 621. The maximum Gasteiger partial charge on any atom is 0.413 e. The van der Waals surface area contributed by atoms with Crippen LogP contribution >= 0.6 is 0 Å². The molecule has 0 saturated carbocycles. The highest BCUT2D eigenvalue weighted by Gasteiger charge is 2.43. The first kappa shape index (κ1) is 14.0. The highest BCUT2D eigenvalue weighted by molar-refractivity contribution is 5.24. The predicted molar refractivity (Wildman–Crippen MR) is 59.5 cm³/mol. The van der Waals surface area contributed by atoms with Crippen LogP contribution in [0.2, 0.25) is 0 Å². The van der Waals surface area contributed by atoms with Crippen molar-refractivity contribution in [1.29, 1.82) is 0 Å². The third-order valence-corrected chi connectivity index (χ3v) is 2.57. The molecule has 1 aromatic carbocycles. The van der Waals surface area contributed by atoms with Crippen molar-refractivity contribution in [1.82, 2.24) is 9.55 Å². The van der Waals surface area contributed by atoms with Crippen LogP contribution in [0.4, 0.5) is 23.4 Å². The van der Waals surface area contributed by atoms with Gasteiger partial charge in [-0.05, 0) is 27.6 Å².